The summed E-state index contributed by atoms with van der Waals surface area (Å²) in [5, 5.41) is 2.99. The molecular formula is C11H14F2N2. The van der Waals surface area contributed by atoms with Crippen molar-refractivity contribution in [3.63, 3.8) is 0 Å². The van der Waals surface area contributed by atoms with Crippen LogP contribution in [0.2, 0.25) is 0 Å². The maximum absolute atomic E-state index is 13.4. The fourth-order valence-electron chi connectivity index (χ4n) is 1.33. The van der Waals surface area contributed by atoms with Crippen molar-refractivity contribution in [2.24, 2.45) is 5.73 Å². The summed E-state index contributed by atoms with van der Waals surface area (Å²) in [6.07, 6.45) is 1.66. The molecule has 1 aromatic rings. The van der Waals surface area contributed by atoms with Gasteiger partial charge in [-0.1, -0.05) is 12.1 Å². The average molecular weight is 212 g/mol. The molecule has 0 aliphatic rings. The average Bonchev–Trinajstić information content (AvgIpc) is 2.21. The first-order valence-electron chi connectivity index (χ1n) is 4.68. The summed E-state index contributed by atoms with van der Waals surface area (Å²) in [7, 11) is 0. The van der Waals surface area contributed by atoms with Crippen LogP contribution in [0.15, 0.2) is 30.9 Å². The second kappa shape index (κ2) is 5.58. The largest absolute Gasteiger partial charge is 0.329 e. The zero-order valence-corrected chi connectivity index (χ0v) is 8.34. The molecule has 0 aliphatic heterocycles. The van der Waals surface area contributed by atoms with Crippen LogP contribution in [0, 0.1) is 11.6 Å². The van der Waals surface area contributed by atoms with E-state index >= 15 is 0 Å². The van der Waals surface area contributed by atoms with E-state index in [4.69, 9.17) is 5.73 Å². The Morgan fingerprint density at radius 3 is 2.73 bits per heavy atom. The molecule has 82 valence electrons. The van der Waals surface area contributed by atoms with Crippen LogP contribution in [0.3, 0.4) is 0 Å². The van der Waals surface area contributed by atoms with Gasteiger partial charge in [-0.3, -0.25) is 0 Å². The SMILES string of the molecule is C=CCNC(CN)c1ccc(F)cc1F. The molecule has 1 aromatic carbocycles. The molecule has 1 rings (SSSR count). The number of rotatable bonds is 5. The summed E-state index contributed by atoms with van der Waals surface area (Å²) < 4.78 is 26.0. The van der Waals surface area contributed by atoms with Crippen LogP contribution in [-0.4, -0.2) is 13.1 Å². The maximum atomic E-state index is 13.4. The van der Waals surface area contributed by atoms with Crippen LogP contribution in [0.4, 0.5) is 8.78 Å². The first-order valence-corrected chi connectivity index (χ1v) is 4.68. The van der Waals surface area contributed by atoms with Gasteiger partial charge in [-0.2, -0.15) is 0 Å². The van der Waals surface area contributed by atoms with Crippen molar-refractivity contribution < 1.29 is 8.78 Å². The molecule has 4 heteroatoms. The molecule has 0 heterocycles. The Morgan fingerprint density at radius 1 is 1.47 bits per heavy atom. The van der Waals surface area contributed by atoms with Gasteiger partial charge in [0.25, 0.3) is 0 Å². The first-order chi connectivity index (χ1) is 7.19. The van der Waals surface area contributed by atoms with Crippen LogP contribution >= 0.6 is 0 Å². The summed E-state index contributed by atoms with van der Waals surface area (Å²) >= 11 is 0. The lowest BCUT2D eigenvalue weighted by Crippen LogP contribution is -2.29. The molecule has 0 aromatic heterocycles. The Bertz CT molecular complexity index is 339. The summed E-state index contributed by atoms with van der Waals surface area (Å²) in [5.41, 5.74) is 5.87. The number of hydrogen-bond acceptors (Lipinski definition) is 2. The monoisotopic (exact) mass is 212 g/mol. The minimum Gasteiger partial charge on any atom is -0.329 e. The van der Waals surface area contributed by atoms with Crippen LogP contribution in [0.1, 0.15) is 11.6 Å². The molecule has 1 atom stereocenters. The fourth-order valence-corrected chi connectivity index (χ4v) is 1.33. The van der Waals surface area contributed by atoms with E-state index in [-0.39, 0.29) is 12.6 Å². The number of hydrogen-bond donors (Lipinski definition) is 2. The predicted octanol–water partition coefficient (Wildman–Crippen LogP) is 1.74. The lowest BCUT2D eigenvalue weighted by molar-refractivity contribution is 0.517. The van der Waals surface area contributed by atoms with Crippen LogP contribution in [-0.2, 0) is 0 Å². The minimum absolute atomic E-state index is 0.246. The molecule has 0 bridgehead atoms. The number of nitrogens with one attached hydrogen (secondary N) is 1. The fraction of sp³-hybridized carbons (Fsp3) is 0.273. The summed E-state index contributed by atoms with van der Waals surface area (Å²) in [5.74, 6) is -1.17. The van der Waals surface area contributed by atoms with E-state index in [0.717, 1.165) is 6.07 Å². The molecule has 0 aliphatic carbocycles. The highest BCUT2D eigenvalue weighted by Crippen LogP contribution is 2.17. The molecule has 0 saturated carbocycles. The van der Waals surface area contributed by atoms with Crippen molar-refractivity contribution in [3.05, 3.63) is 48.1 Å². The Kier molecular flexibility index (Phi) is 4.39. The predicted molar refractivity (Wildman–Crippen MR) is 56.4 cm³/mol. The van der Waals surface area contributed by atoms with Gasteiger partial charge in [-0.15, -0.1) is 6.58 Å². The number of benzene rings is 1. The molecule has 3 N–H and O–H groups in total. The van der Waals surface area contributed by atoms with Crippen LogP contribution in [0.25, 0.3) is 0 Å². The van der Waals surface area contributed by atoms with E-state index in [0.29, 0.717) is 12.1 Å². The summed E-state index contributed by atoms with van der Waals surface area (Å²) in [4.78, 5) is 0. The minimum atomic E-state index is -0.587. The van der Waals surface area contributed by atoms with Crippen molar-refractivity contribution in [1.82, 2.24) is 5.32 Å². The van der Waals surface area contributed by atoms with E-state index in [1.807, 2.05) is 0 Å². The van der Waals surface area contributed by atoms with Gasteiger partial charge in [-0.25, -0.2) is 8.78 Å². The smallest absolute Gasteiger partial charge is 0.130 e. The third-order valence-electron chi connectivity index (χ3n) is 2.08. The second-order valence-corrected chi connectivity index (χ2v) is 3.15. The molecule has 0 fully saturated rings. The summed E-state index contributed by atoms with van der Waals surface area (Å²) in [6.45, 7) is 4.31. The maximum Gasteiger partial charge on any atom is 0.130 e. The van der Waals surface area contributed by atoms with Gasteiger partial charge in [-0.05, 0) is 6.07 Å². The summed E-state index contributed by atoms with van der Waals surface area (Å²) in [6, 6.07) is 3.16. The van der Waals surface area contributed by atoms with Crippen molar-refractivity contribution in [1.29, 1.82) is 0 Å². The van der Waals surface area contributed by atoms with E-state index in [2.05, 4.69) is 11.9 Å². The van der Waals surface area contributed by atoms with Crippen molar-refractivity contribution in [2.45, 2.75) is 6.04 Å². The highest BCUT2D eigenvalue weighted by atomic mass is 19.1. The van der Waals surface area contributed by atoms with Crippen molar-refractivity contribution in [2.75, 3.05) is 13.1 Å². The molecule has 2 nitrogen and oxygen atoms in total. The molecule has 15 heavy (non-hydrogen) atoms. The number of halogens is 2. The highest BCUT2D eigenvalue weighted by Gasteiger charge is 2.13. The molecule has 0 radical (unpaired) electrons. The normalized spacial score (nSPS) is 12.5. The molecule has 0 saturated heterocycles. The third-order valence-corrected chi connectivity index (χ3v) is 2.08. The molecular weight excluding hydrogens is 198 g/mol. The van der Waals surface area contributed by atoms with Gasteiger partial charge < -0.3 is 11.1 Å². The van der Waals surface area contributed by atoms with Crippen LogP contribution < -0.4 is 11.1 Å². The van der Waals surface area contributed by atoms with Crippen molar-refractivity contribution >= 4 is 0 Å². The Balaban J connectivity index is 2.86. The van der Waals surface area contributed by atoms with Gasteiger partial charge in [0.1, 0.15) is 11.6 Å². The lowest BCUT2D eigenvalue weighted by Gasteiger charge is -2.16. The van der Waals surface area contributed by atoms with Gasteiger partial charge >= 0.3 is 0 Å². The quantitative estimate of drug-likeness (QED) is 0.729. The van der Waals surface area contributed by atoms with E-state index < -0.39 is 11.6 Å². The van der Waals surface area contributed by atoms with Gasteiger partial charge in [0.2, 0.25) is 0 Å². The van der Waals surface area contributed by atoms with E-state index in [9.17, 15) is 8.78 Å². The van der Waals surface area contributed by atoms with Gasteiger partial charge in [0.05, 0.1) is 0 Å². The van der Waals surface area contributed by atoms with Crippen molar-refractivity contribution in [3.8, 4) is 0 Å². The second-order valence-electron chi connectivity index (χ2n) is 3.15. The third kappa shape index (κ3) is 3.11. The lowest BCUT2D eigenvalue weighted by atomic mass is 10.1. The Hall–Kier alpha value is -1.26. The van der Waals surface area contributed by atoms with Crippen LogP contribution in [0.5, 0.6) is 0 Å². The van der Waals surface area contributed by atoms with E-state index in [1.165, 1.54) is 12.1 Å². The van der Waals surface area contributed by atoms with Gasteiger partial charge in [0.15, 0.2) is 0 Å². The first kappa shape index (κ1) is 11.8. The molecule has 1 unspecified atom stereocenters. The zero-order valence-electron chi connectivity index (χ0n) is 8.34. The topological polar surface area (TPSA) is 38.0 Å². The number of nitrogens with two attached hydrogens (primary N) is 1. The standard InChI is InChI=1S/C11H14F2N2/c1-2-5-15-11(7-14)9-4-3-8(12)6-10(9)13/h2-4,6,11,15H,1,5,7,14H2. The van der Waals surface area contributed by atoms with Gasteiger partial charge in [0, 0.05) is 30.8 Å². The van der Waals surface area contributed by atoms with E-state index in [1.54, 1.807) is 6.08 Å². The Labute approximate surface area is 87.8 Å². The Morgan fingerprint density at radius 2 is 2.20 bits per heavy atom. The zero-order chi connectivity index (χ0) is 11.3. The molecule has 0 spiro atoms. The molecule has 0 amide bonds. The highest BCUT2D eigenvalue weighted by molar-refractivity contribution is 5.22.